The highest BCUT2D eigenvalue weighted by Gasteiger charge is 2.06. The fraction of sp³-hybridized carbons (Fsp3) is 0.273. The third kappa shape index (κ3) is 3.38. The van der Waals surface area contributed by atoms with Crippen LogP contribution in [0.15, 0.2) is 34.7 Å². The summed E-state index contributed by atoms with van der Waals surface area (Å²) in [6.45, 7) is 2.08. The molecule has 0 spiro atoms. The van der Waals surface area contributed by atoms with Gasteiger partial charge in [-0.2, -0.15) is 0 Å². The van der Waals surface area contributed by atoms with E-state index in [-0.39, 0.29) is 0 Å². The Morgan fingerprint density at radius 1 is 1.28 bits per heavy atom. The van der Waals surface area contributed by atoms with Crippen LogP contribution in [0.5, 0.6) is 0 Å². The van der Waals surface area contributed by atoms with Gasteiger partial charge in [0.15, 0.2) is 0 Å². The smallest absolute Gasteiger partial charge is 0.144 e. The Kier molecular flexibility index (Phi) is 4.43. The number of hydrogen-bond donors (Lipinski definition) is 2. The first-order valence-corrected chi connectivity index (χ1v) is 6.42. The van der Waals surface area contributed by atoms with Crippen LogP contribution in [0.3, 0.4) is 0 Å². The van der Waals surface area contributed by atoms with Crippen LogP contribution >= 0.6 is 11.8 Å². The number of hydrogen-bond acceptors (Lipinski definition) is 7. The van der Waals surface area contributed by atoms with E-state index in [0.29, 0.717) is 5.82 Å². The molecule has 0 aliphatic rings. The summed E-state index contributed by atoms with van der Waals surface area (Å²) in [5.74, 6) is 6.79. The summed E-state index contributed by atoms with van der Waals surface area (Å²) >= 11 is 1.44. The molecule has 6 nitrogen and oxygen atoms in total. The summed E-state index contributed by atoms with van der Waals surface area (Å²) in [4.78, 5) is 17.0. The lowest BCUT2D eigenvalue weighted by atomic mass is 10.3. The third-order valence-electron chi connectivity index (χ3n) is 2.12. The van der Waals surface area contributed by atoms with E-state index >= 15 is 0 Å². The Labute approximate surface area is 109 Å². The Bertz CT molecular complexity index is 504. The monoisotopic (exact) mass is 262 g/mol. The van der Waals surface area contributed by atoms with Crippen molar-refractivity contribution in [2.24, 2.45) is 5.84 Å². The van der Waals surface area contributed by atoms with E-state index in [9.17, 15) is 0 Å². The highest BCUT2D eigenvalue weighted by atomic mass is 32.2. The van der Waals surface area contributed by atoms with Crippen LogP contribution in [0, 0.1) is 0 Å². The number of anilines is 1. The van der Waals surface area contributed by atoms with Gasteiger partial charge in [0.05, 0.1) is 6.20 Å². The van der Waals surface area contributed by atoms with E-state index in [1.54, 1.807) is 24.7 Å². The minimum absolute atomic E-state index is 0.611. The van der Waals surface area contributed by atoms with Crippen molar-refractivity contribution in [3.05, 3.63) is 30.5 Å². The Hall–Kier alpha value is -1.73. The molecule has 0 saturated heterocycles. The number of nitrogen functional groups attached to an aromatic ring is 1. The standard InChI is InChI=1S/C11H14N6S/c1-2-3-8-15-9(17-12)6-10(16-8)18-11-7-13-4-5-14-11/h4-7H,2-3,12H2,1H3,(H,15,16,17). The molecule has 0 aliphatic heterocycles. The lowest BCUT2D eigenvalue weighted by Crippen LogP contribution is -2.10. The largest absolute Gasteiger partial charge is 0.308 e. The van der Waals surface area contributed by atoms with E-state index in [1.807, 2.05) is 0 Å². The summed E-state index contributed by atoms with van der Waals surface area (Å²) in [5.41, 5.74) is 2.55. The summed E-state index contributed by atoms with van der Waals surface area (Å²) in [6, 6.07) is 1.79. The predicted octanol–water partition coefficient (Wildman–Crippen LogP) is 1.66. The molecule has 0 radical (unpaired) electrons. The summed E-state index contributed by atoms with van der Waals surface area (Å²) in [6.07, 6.45) is 6.80. The van der Waals surface area contributed by atoms with Gasteiger partial charge in [-0.1, -0.05) is 6.92 Å². The van der Waals surface area contributed by atoms with E-state index in [2.05, 4.69) is 32.3 Å². The lowest BCUT2D eigenvalue weighted by Gasteiger charge is -2.06. The molecule has 0 saturated carbocycles. The van der Waals surface area contributed by atoms with Crippen LogP contribution in [-0.4, -0.2) is 19.9 Å². The van der Waals surface area contributed by atoms with Gasteiger partial charge >= 0.3 is 0 Å². The Morgan fingerprint density at radius 3 is 2.83 bits per heavy atom. The van der Waals surface area contributed by atoms with E-state index in [0.717, 1.165) is 28.7 Å². The maximum absolute atomic E-state index is 5.40. The number of aromatic nitrogens is 4. The SMILES string of the molecule is CCCc1nc(NN)cc(Sc2cnccn2)n1. The maximum atomic E-state index is 5.40. The quantitative estimate of drug-likeness (QED) is 0.481. The molecule has 0 aliphatic carbocycles. The van der Waals surface area contributed by atoms with Crippen molar-refractivity contribution in [2.45, 2.75) is 29.8 Å². The van der Waals surface area contributed by atoms with Gasteiger partial charge in [0.25, 0.3) is 0 Å². The molecule has 7 heteroatoms. The highest BCUT2D eigenvalue weighted by Crippen LogP contribution is 2.24. The van der Waals surface area contributed by atoms with Gasteiger partial charge in [-0.15, -0.1) is 0 Å². The number of nitrogens with zero attached hydrogens (tertiary/aromatic N) is 4. The zero-order chi connectivity index (χ0) is 12.8. The summed E-state index contributed by atoms with van der Waals surface area (Å²) in [7, 11) is 0. The molecule has 0 unspecified atom stereocenters. The van der Waals surface area contributed by atoms with Crippen LogP contribution in [0.25, 0.3) is 0 Å². The van der Waals surface area contributed by atoms with Crippen molar-refractivity contribution in [2.75, 3.05) is 5.43 Å². The van der Waals surface area contributed by atoms with Crippen molar-refractivity contribution >= 4 is 17.6 Å². The lowest BCUT2D eigenvalue weighted by molar-refractivity contribution is 0.810. The van der Waals surface area contributed by atoms with Crippen molar-refractivity contribution in [3.63, 3.8) is 0 Å². The molecule has 94 valence electrons. The average Bonchev–Trinajstić information content (AvgIpc) is 2.40. The fourth-order valence-electron chi connectivity index (χ4n) is 1.38. The second-order valence-electron chi connectivity index (χ2n) is 3.55. The summed E-state index contributed by atoms with van der Waals surface area (Å²) < 4.78 is 0. The number of hydrazine groups is 1. The first-order valence-electron chi connectivity index (χ1n) is 5.60. The van der Waals surface area contributed by atoms with Gasteiger partial charge in [-0.25, -0.2) is 20.8 Å². The molecule has 2 aromatic rings. The van der Waals surface area contributed by atoms with E-state index in [1.165, 1.54) is 11.8 Å². The molecule has 0 bridgehead atoms. The molecular formula is C11H14N6S. The number of rotatable bonds is 5. The average molecular weight is 262 g/mol. The van der Waals surface area contributed by atoms with Crippen LogP contribution in [0.4, 0.5) is 5.82 Å². The molecule has 0 aromatic carbocycles. The number of nitrogens with one attached hydrogen (secondary N) is 1. The fourth-order valence-corrected chi connectivity index (χ4v) is 2.14. The van der Waals surface area contributed by atoms with Gasteiger partial charge in [0.2, 0.25) is 0 Å². The van der Waals surface area contributed by atoms with Crippen LogP contribution in [0.1, 0.15) is 19.2 Å². The van der Waals surface area contributed by atoms with E-state index < -0.39 is 0 Å². The van der Waals surface area contributed by atoms with Gasteiger partial charge in [-0.05, 0) is 18.2 Å². The van der Waals surface area contributed by atoms with Crippen molar-refractivity contribution < 1.29 is 0 Å². The Morgan fingerprint density at radius 2 is 2.17 bits per heavy atom. The van der Waals surface area contributed by atoms with Crippen molar-refractivity contribution in [1.29, 1.82) is 0 Å². The van der Waals surface area contributed by atoms with E-state index in [4.69, 9.17) is 5.84 Å². The molecule has 2 rings (SSSR count). The zero-order valence-corrected chi connectivity index (χ0v) is 10.8. The second kappa shape index (κ2) is 6.27. The minimum Gasteiger partial charge on any atom is -0.308 e. The molecule has 0 atom stereocenters. The molecule has 2 heterocycles. The molecule has 0 fully saturated rings. The van der Waals surface area contributed by atoms with Gasteiger partial charge in [0.1, 0.15) is 21.7 Å². The molecule has 2 aromatic heterocycles. The minimum atomic E-state index is 0.611. The van der Waals surface area contributed by atoms with Gasteiger partial charge in [0, 0.05) is 24.9 Å². The van der Waals surface area contributed by atoms with Crippen LogP contribution in [-0.2, 0) is 6.42 Å². The van der Waals surface area contributed by atoms with Crippen molar-refractivity contribution in [3.8, 4) is 0 Å². The second-order valence-corrected chi connectivity index (χ2v) is 4.59. The first kappa shape index (κ1) is 12.7. The summed E-state index contributed by atoms with van der Waals surface area (Å²) in [5, 5.41) is 1.60. The maximum Gasteiger partial charge on any atom is 0.144 e. The molecule has 0 amide bonds. The Balaban J connectivity index is 2.24. The van der Waals surface area contributed by atoms with Gasteiger partial charge < -0.3 is 5.43 Å². The molecule has 3 N–H and O–H groups in total. The van der Waals surface area contributed by atoms with Gasteiger partial charge in [-0.3, -0.25) is 4.98 Å². The number of aryl methyl sites for hydroxylation is 1. The van der Waals surface area contributed by atoms with Crippen LogP contribution < -0.4 is 11.3 Å². The third-order valence-corrected chi connectivity index (χ3v) is 2.96. The molecular weight excluding hydrogens is 248 g/mol. The highest BCUT2D eigenvalue weighted by molar-refractivity contribution is 7.99. The zero-order valence-electron chi connectivity index (χ0n) is 10.00. The normalized spacial score (nSPS) is 10.3. The topological polar surface area (TPSA) is 89.6 Å². The first-order chi connectivity index (χ1) is 8.81. The van der Waals surface area contributed by atoms with Crippen molar-refractivity contribution in [1.82, 2.24) is 19.9 Å². The predicted molar refractivity (Wildman–Crippen MR) is 70.0 cm³/mol. The van der Waals surface area contributed by atoms with Crippen LogP contribution in [0.2, 0.25) is 0 Å². The molecule has 18 heavy (non-hydrogen) atoms. The number of nitrogens with two attached hydrogens (primary N) is 1.